The summed E-state index contributed by atoms with van der Waals surface area (Å²) in [5.74, 6) is -1.29. The third-order valence-corrected chi connectivity index (χ3v) is 4.43. The average molecular weight is 375 g/mol. The molecular weight excluding hydrogens is 348 g/mol. The molecule has 0 aromatic carbocycles. The van der Waals surface area contributed by atoms with Gasteiger partial charge in [0, 0.05) is 24.5 Å². The molecule has 2 amide bonds. The maximum atomic E-state index is 11.9. The molecule has 1 aliphatic rings. The Hall–Kier alpha value is -1.09. The summed E-state index contributed by atoms with van der Waals surface area (Å²) in [5.41, 5.74) is 0. The largest absolute Gasteiger partial charge is 0.380 e. The van der Waals surface area contributed by atoms with Gasteiger partial charge < -0.3 is 20.4 Å². The van der Waals surface area contributed by atoms with E-state index in [0.717, 1.165) is 17.7 Å². The highest BCUT2D eigenvalue weighted by Crippen LogP contribution is 2.11. The lowest BCUT2D eigenvalue weighted by Crippen LogP contribution is -2.50. The molecule has 1 aliphatic heterocycles. The molecule has 6 nitrogen and oxygen atoms in total. The minimum absolute atomic E-state index is 0.362. The van der Waals surface area contributed by atoms with E-state index in [1.165, 1.54) is 4.90 Å². The Labute approximate surface area is 151 Å². The smallest absolute Gasteiger partial charge is 0.254 e. The molecule has 1 aromatic rings. The second-order valence-electron chi connectivity index (χ2n) is 5.45. The van der Waals surface area contributed by atoms with Crippen molar-refractivity contribution in [3.8, 4) is 0 Å². The summed E-state index contributed by atoms with van der Waals surface area (Å²) in [4.78, 5) is 26.2. The van der Waals surface area contributed by atoms with Gasteiger partial charge in [-0.1, -0.05) is 6.07 Å². The molecule has 0 aliphatic carbocycles. The normalized spacial score (nSPS) is 16.1. The zero-order chi connectivity index (χ0) is 17.9. The molecular formula is C16H26N2O4S2. The highest BCUT2D eigenvalue weighted by molar-refractivity contribution is 7.97. The van der Waals surface area contributed by atoms with E-state index in [-0.39, 0.29) is 0 Å². The van der Waals surface area contributed by atoms with E-state index in [0.29, 0.717) is 26.1 Å². The summed E-state index contributed by atoms with van der Waals surface area (Å²) >= 11 is 3.34. The number of thiophene rings is 1. The van der Waals surface area contributed by atoms with Gasteiger partial charge >= 0.3 is 0 Å². The lowest BCUT2D eigenvalue weighted by molar-refractivity contribution is -0.152. The van der Waals surface area contributed by atoms with Gasteiger partial charge in [-0.2, -0.15) is 11.8 Å². The van der Waals surface area contributed by atoms with E-state index in [9.17, 15) is 19.8 Å². The second kappa shape index (κ2) is 11.5. The second-order valence-corrected chi connectivity index (χ2v) is 7.30. The number of hydrogen-bond acceptors (Lipinski definition) is 6. The highest BCUT2D eigenvalue weighted by Gasteiger charge is 2.34. The molecule has 8 heteroatoms. The number of carbonyl (C=O) groups excluding carboxylic acids is 2. The van der Waals surface area contributed by atoms with Crippen LogP contribution < -0.4 is 5.32 Å². The summed E-state index contributed by atoms with van der Waals surface area (Å²) < 4.78 is 0. The fraction of sp³-hybridized carbons (Fsp3) is 0.625. The minimum Gasteiger partial charge on any atom is -0.380 e. The number of aliphatic hydroxyl groups excluding tert-OH is 2. The molecule has 0 bridgehead atoms. The molecule has 24 heavy (non-hydrogen) atoms. The Morgan fingerprint density at radius 2 is 1.92 bits per heavy atom. The van der Waals surface area contributed by atoms with Crippen molar-refractivity contribution in [2.45, 2.75) is 31.5 Å². The number of carbonyl (C=O) groups is 2. The third kappa shape index (κ3) is 6.80. The Morgan fingerprint density at radius 3 is 2.46 bits per heavy atom. The zero-order valence-electron chi connectivity index (χ0n) is 14.1. The molecule has 3 N–H and O–H groups in total. The Balaban J connectivity index is 0.000000891. The van der Waals surface area contributed by atoms with E-state index in [1.807, 2.05) is 30.0 Å². The van der Waals surface area contributed by atoms with Crippen LogP contribution in [0, 0.1) is 0 Å². The van der Waals surface area contributed by atoms with Crippen molar-refractivity contribution < 1.29 is 19.8 Å². The van der Waals surface area contributed by atoms with Gasteiger partial charge in [-0.15, -0.1) is 11.3 Å². The number of nitrogens with one attached hydrogen (secondary N) is 1. The van der Waals surface area contributed by atoms with Crippen molar-refractivity contribution in [3.05, 3.63) is 22.4 Å². The van der Waals surface area contributed by atoms with Crippen LogP contribution in [0.2, 0.25) is 0 Å². The summed E-state index contributed by atoms with van der Waals surface area (Å²) in [6, 6.07) is 3.88. The number of likely N-dealkylation sites (tertiary alicyclic amines) is 1. The predicted molar refractivity (Wildman–Crippen MR) is 98.3 cm³/mol. The van der Waals surface area contributed by atoms with E-state index >= 15 is 0 Å². The van der Waals surface area contributed by atoms with Crippen molar-refractivity contribution in [3.63, 3.8) is 0 Å². The molecule has 2 heterocycles. The van der Waals surface area contributed by atoms with Crippen molar-refractivity contribution in [2.75, 3.05) is 32.1 Å². The van der Waals surface area contributed by atoms with Gasteiger partial charge in [0.1, 0.15) is 0 Å². The minimum atomic E-state index is -1.72. The SMILES string of the molecule is CSC.O=C(NCCc1cccs1)C(O)C(O)C(=O)N1CCCC1. The monoisotopic (exact) mass is 374 g/mol. The standard InChI is InChI=1S/C14H20N2O4S.C2H6S/c17-11(12(18)14(20)16-7-1-2-8-16)13(19)15-6-5-10-4-3-9-21-10;1-3-2/h3-4,9,11-12,17-18H,1-2,5-8H2,(H,15,19);1-2H3. The van der Waals surface area contributed by atoms with E-state index < -0.39 is 24.0 Å². The lowest BCUT2D eigenvalue weighted by Gasteiger charge is -2.22. The Bertz CT molecular complexity index is 490. The molecule has 136 valence electrons. The van der Waals surface area contributed by atoms with Crippen LogP contribution in [0.5, 0.6) is 0 Å². The summed E-state index contributed by atoms with van der Waals surface area (Å²) in [6.07, 6.45) is 3.11. The van der Waals surface area contributed by atoms with Gasteiger partial charge in [0.25, 0.3) is 11.8 Å². The molecule has 1 fully saturated rings. The zero-order valence-corrected chi connectivity index (χ0v) is 15.7. The van der Waals surface area contributed by atoms with Gasteiger partial charge in [0.05, 0.1) is 0 Å². The first kappa shape index (κ1) is 21.0. The van der Waals surface area contributed by atoms with Gasteiger partial charge in [0.2, 0.25) is 0 Å². The molecule has 2 rings (SSSR count). The molecule has 0 saturated carbocycles. The maximum Gasteiger partial charge on any atom is 0.254 e. The van der Waals surface area contributed by atoms with Gasteiger partial charge in [-0.3, -0.25) is 9.59 Å². The van der Waals surface area contributed by atoms with Crippen molar-refractivity contribution in [1.29, 1.82) is 0 Å². The number of rotatable bonds is 6. The first-order valence-corrected chi connectivity index (χ1v) is 10.4. The molecule has 2 atom stereocenters. The number of nitrogens with zero attached hydrogens (tertiary/aromatic N) is 1. The molecule has 1 saturated heterocycles. The number of amides is 2. The summed E-state index contributed by atoms with van der Waals surface area (Å²) in [7, 11) is 0. The topological polar surface area (TPSA) is 89.9 Å². The van der Waals surface area contributed by atoms with Crippen LogP contribution in [-0.4, -0.2) is 71.3 Å². The summed E-state index contributed by atoms with van der Waals surface area (Å²) in [5, 5.41) is 24.1. The Kier molecular flexibility index (Phi) is 10.0. The molecule has 1 aromatic heterocycles. The van der Waals surface area contributed by atoms with Crippen LogP contribution >= 0.6 is 23.1 Å². The van der Waals surface area contributed by atoms with Crippen LogP contribution in [0.4, 0.5) is 0 Å². The van der Waals surface area contributed by atoms with Crippen LogP contribution in [-0.2, 0) is 16.0 Å². The van der Waals surface area contributed by atoms with Crippen LogP contribution in [0.3, 0.4) is 0 Å². The number of thioether (sulfide) groups is 1. The Morgan fingerprint density at radius 1 is 1.29 bits per heavy atom. The molecule has 2 unspecified atom stereocenters. The van der Waals surface area contributed by atoms with Crippen LogP contribution in [0.25, 0.3) is 0 Å². The van der Waals surface area contributed by atoms with E-state index in [4.69, 9.17) is 0 Å². The van der Waals surface area contributed by atoms with Crippen molar-refractivity contribution >= 4 is 34.9 Å². The van der Waals surface area contributed by atoms with E-state index in [1.54, 1.807) is 23.1 Å². The molecule has 0 spiro atoms. The van der Waals surface area contributed by atoms with Gasteiger partial charge in [-0.05, 0) is 43.2 Å². The van der Waals surface area contributed by atoms with Crippen LogP contribution in [0.15, 0.2) is 17.5 Å². The maximum absolute atomic E-state index is 11.9. The van der Waals surface area contributed by atoms with E-state index in [2.05, 4.69) is 5.32 Å². The number of hydrogen-bond donors (Lipinski definition) is 3. The fourth-order valence-corrected chi connectivity index (χ4v) is 2.98. The molecule has 0 radical (unpaired) electrons. The fourth-order valence-electron chi connectivity index (χ4n) is 2.27. The average Bonchev–Trinajstić information content (AvgIpc) is 3.26. The predicted octanol–water partition coefficient (Wildman–Crippen LogP) is 0.730. The van der Waals surface area contributed by atoms with Crippen LogP contribution in [0.1, 0.15) is 17.7 Å². The lowest BCUT2D eigenvalue weighted by atomic mass is 10.1. The highest BCUT2D eigenvalue weighted by atomic mass is 32.2. The van der Waals surface area contributed by atoms with Gasteiger partial charge in [-0.25, -0.2) is 0 Å². The van der Waals surface area contributed by atoms with Crippen molar-refractivity contribution in [2.24, 2.45) is 0 Å². The number of aliphatic hydroxyl groups is 2. The first-order chi connectivity index (χ1) is 11.5. The third-order valence-electron chi connectivity index (χ3n) is 3.49. The van der Waals surface area contributed by atoms with Crippen molar-refractivity contribution in [1.82, 2.24) is 10.2 Å². The quantitative estimate of drug-likeness (QED) is 0.683. The summed E-state index contributed by atoms with van der Waals surface area (Å²) in [6.45, 7) is 1.51. The first-order valence-electron chi connectivity index (χ1n) is 7.86. The van der Waals surface area contributed by atoms with Gasteiger partial charge in [0.15, 0.2) is 12.2 Å².